The molecule has 6 nitrogen and oxygen atoms in total. The molecular formula is C18H21NO5. The van der Waals surface area contributed by atoms with Gasteiger partial charge in [-0.2, -0.15) is 0 Å². The summed E-state index contributed by atoms with van der Waals surface area (Å²) in [5.41, 5.74) is 7.66. The van der Waals surface area contributed by atoms with Gasteiger partial charge in [0.05, 0.1) is 27.2 Å². The van der Waals surface area contributed by atoms with Crippen molar-refractivity contribution in [1.29, 1.82) is 0 Å². The number of aliphatic carboxylic acids is 1. The van der Waals surface area contributed by atoms with Crippen LogP contribution in [0, 0.1) is 0 Å². The van der Waals surface area contributed by atoms with Gasteiger partial charge in [0, 0.05) is 11.8 Å². The van der Waals surface area contributed by atoms with E-state index < -0.39 is 11.9 Å². The molecule has 1 unspecified atom stereocenters. The van der Waals surface area contributed by atoms with Crippen LogP contribution in [0.3, 0.4) is 0 Å². The lowest BCUT2D eigenvalue weighted by molar-refractivity contribution is -0.138. The Kier molecular flexibility index (Phi) is 5.52. The first-order chi connectivity index (χ1) is 11.5. The maximum Gasteiger partial charge on any atom is 0.311 e. The van der Waals surface area contributed by atoms with E-state index in [0.717, 1.165) is 5.56 Å². The molecule has 0 heterocycles. The van der Waals surface area contributed by atoms with Crippen molar-refractivity contribution >= 4 is 11.7 Å². The van der Waals surface area contributed by atoms with Gasteiger partial charge in [-0.1, -0.05) is 12.1 Å². The highest BCUT2D eigenvalue weighted by Crippen LogP contribution is 2.37. The fraction of sp³-hybridized carbons (Fsp3) is 0.278. The molecule has 0 bridgehead atoms. The molecule has 2 rings (SSSR count). The second kappa shape index (κ2) is 7.59. The standard InChI is InChI=1S/C18H21NO5/c1-22-15-10-17(24-3)16(23-2)9-12(15)8-14(18(20)21)11-4-6-13(19)7-5-11/h4-7,9-10,14H,8,19H2,1-3H3,(H,20,21). The highest BCUT2D eigenvalue weighted by Gasteiger charge is 2.23. The van der Waals surface area contributed by atoms with Gasteiger partial charge in [-0.05, 0) is 35.7 Å². The molecule has 0 fully saturated rings. The summed E-state index contributed by atoms with van der Waals surface area (Å²) >= 11 is 0. The Morgan fingerprint density at radius 2 is 1.54 bits per heavy atom. The summed E-state index contributed by atoms with van der Waals surface area (Å²) in [6.07, 6.45) is 0.253. The van der Waals surface area contributed by atoms with Crippen LogP contribution in [-0.4, -0.2) is 32.4 Å². The van der Waals surface area contributed by atoms with Gasteiger partial charge in [0.25, 0.3) is 0 Å². The quantitative estimate of drug-likeness (QED) is 0.758. The van der Waals surface area contributed by atoms with Gasteiger partial charge in [-0.15, -0.1) is 0 Å². The summed E-state index contributed by atoms with van der Waals surface area (Å²) in [7, 11) is 4.60. The Balaban J connectivity index is 2.42. The van der Waals surface area contributed by atoms with Crippen molar-refractivity contribution in [2.24, 2.45) is 0 Å². The Labute approximate surface area is 140 Å². The number of nitrogens with two attached hydrogens (primary N) is 1. The Morgan fingerprint density at radius 3 is 2.04 bits per heavy atom. The zero-order valence-electron chi connectivity index (χ0n) is 13.9. The number of carbonyl (C=O) groups is 1. The zero-order valence-corrected chi connectivity index (χ0v) is 13.9. The highest BCUT2D eigenvalue weighted by atomic mass is 16.5. The van der Waals surface area contributed by atoms with Gasteiger partial charge < -0.3 is 25.1 Å². The van der Waals surface area contributed by atoms with Crippen LogP contribution in [0.4, 0.5) is 5.69 Å². The average molecular weight is 331 g/mol. The van der Waals surface area contributed by atoms with Crippen LogP contribution in [0.2, 0.25) is 0 Å². The molecule has 0 saturated heterocycles. The van der Waals surface area contributed by atoms with Crippen molar-refractivity contribution in [2.45, 2.75) is 12.3 Å². The van der Waals surface area contributed by atoms with Crippen LogP contribution in [0.15, 0.2) is 36.4 Å². The molecule has 2 aromatic carbocycles. The number of benzene rings is 2. The molecule has 0 spiro atoms. The van der Waals surface area contributed by atoms with E-state index in [4.69, 9.17) is 19.9 Å². The number of anilines is 1. The SMILES string of the molecule is COc1cc(OC)c(OC)cc1CC(C(=O)O)c1ccc(N)cc1. The molecule has 0 aliphatic rings. The van der Waals surface area contributed by atoms with Crippen molar-refractivity contribution in [2.75, 3.05) is 27.1 Å². The lowest BCUT2D eigenvalue weighted by Gasteiger charge is -2.18. The second-order valence-corrected chi connectivity index (χ2v) is 5.28. The lowest BCUT2D eigenvalue weighted by Crippen LogP contribution is -2.15. The molecule has 24 heavy (non-hydrogen) atoms. The number of rotatable bonds is 7. The molecule has 0 amide bonds. The second-order valence-electron chi connectivity index (χ2n) is 5.28. The van der Waals surface area contributed by atoms with Crippen molar-refractivity contribution < 1.29 is 24.1 Å². The van der Waals surface area contributed by atoms with E-state index in [2.05, 4.69) is 0 Å². The van der Waals surface area contributed by atoms with Crippen LogP contribution >= 0.6 is 0 Å². The number of nitrogen functional groups attached to an aromatic ring is 1. The minimum Gasteiger partial charge on any atom is -0.496 e. The number of hydrogen-bond acceptors (Lipinski definition) is 5. The molecule has 6 heteroatoms. The molecule has 2 aromatic rings. The first kappa shape index (κ1) is 17.5. The van der Waals surface area contributed by atoms with Crippen LogP contribution in [0.5, 0.6) is 17.2 Å². The third-order valence-corrected chi connectivity index (χ3v) is 3.85. The van der Waals surface area contributed by atoms with Gasteiger partial charge in [-0.3, -0.25) is 4.79 Å². The normalized spacial score (nSPS) is 11.6. The van der Waals surface area contributed by atoms with E-state index >= 15 is 0 Å². The molecule has 0 aliphatic carbocycles. The summed E-state index contributed by atoms with van der Waals surface area (Å²) in [5, 5.41) is 9.62. The largest absolute Gasteiger partial charge is 0.496 e. The summed E-state index contributed by atoms with van der Waals surface area (Å²) in [5.74, 6) is -0.0456. The maximum absolute atomic E-state index is 11.7. The van der Waals surface area contributed by atoms with Gasteiger partial charge >= 0.3 is 5.97 Å². The topological polar surface area (TPSA) is 91.0 Å². The third-order valence-electron chi connectivity index (χ3n) is 3.85. The zero-order chi connectivity index (χ0) is 17.7. The Morgan fingerprint density at radius 1 is 1.00 bits per heavy atom. The van der Waals surface area contributed by atoms with Crippen LogP contribution < -0.4 is 19.9 Å². The smallest absolute Gasteiger partial charge is 0.311 e. The van der Waals surface area contributed by atoms with E-state index in [1.807, 2.05) is 0 Å². The lowest BCUT2D eigenvalue weighted by atomic mass is 9.91. The summed E-state index contributed by atoms with van der Waals surface area (Å²) in [6, 6.07) is 10.3. The van der Waals surface area contributed by atoms with Crippen LogP contribution in [0.25, 0.3) is 0 Å². The van der Waals surface area contributed by atoms with Crippen LogP contribution in [-0.2, 0) is 11.2 Å². The van der Waals surface area contributed by atoms with Crippen molar-refractivity contribution in [3.63, 3.8) is 0 Å². The molecule has 1 atom stereocenters. The van der Waals surface area contributed by atoms with Gasteiger partial charge in [0.15, 0.2) is 11.5 Å². The number of carboxylic acid groups (broad SMARTS) is 1. The van der Waals surface area contributed by atoms with E-state index in [0.29, 0.717) is 28.5 Å². The predicted octanol–water partition coefficient (Wildman–Crippen LogP) is 2.71. The molecule has 0 aromatic heterocycles. The molecule has 0 saturated carbocycles. The fourth-order valence-electron chi connectivity index (χ4n) is 2.55. The first-order valence-corrected chi connectivity index (χ1v) is 7.37. The van der Waals surface area contributed by atoms with Crippen molar-refractivity contribution in [3.05, 3.63) is 47.5 Å². The summed E-state index contributed by atoms with van der Waals surface area (Å²) in [6.45, 7) is 0. The van der Waals surface area contributed by atoms with Gasteiger partial charge in [-0.25, -0.2) is 0 Å². The molecular weight excluding hydrogens is 310 g/mol. The predicted molar refractivity (Wildman–Crippen MR) is 91.0 cm³/mol. The first-order valence-electron chi connectivity index (χ1n) is 7.37. The average Bonchev–Trinajstić information content (AvgIpc) is 2.59. The Hall–Kier alpha value is -2.89. The molecule has 0 aliphatic heterocycles. The summed E-state index contributed by atoms with van der Waals surface area (Å²) in [4.78, 5) is 11.7. The van der Waals surface area contributed by atoms with Crippen molar-refractivity contribution in [1.82, 2.24) is 0 Å². The number of carboxylic acids is 1. The molecule has 3 N–H and O–H groups in total. The van der Waals surface area contributed by atoms with Crippen molar-refractivity contribution in [3.8, 4) is 17.2 Å². The minimum absolute atomic E-state index is 0.253. The number of hydrogen-bond donors (Lipinski definition) is 2. The monoisotopic (exact) mass is 331 g/mol. The minimum atomic E-state index is -0.920. The van der Waals surface area contributed by atoms with Gasteiger partial charge in [0.2, 0.25) is 0 Å². The Bertz CT molecular complexity index is 712. The van der Waals surface area contributed by atoms with Gasteiger partial charge in [0.1, 0.15) is 5.75 Å². The van der Waals surface area contributed by atoms with Crippen LogP contribution in [0.1, 0.15) is 17.0 Å². The highest BCUT2D eigenvalue weighted by molar-refractivity contribution is 5.77. The van der Waals surface area contributed by atoms with E-state index in [1.165, 1.54) is 21.3 Å². The molecule has 128 valence electrons. The summed E-state index contributed by atoms with van der Waals surface area (Å²) < 4.78 is 15.9. The third kappa shape index (κ3) is 3.71. The van der Waals surface area contributed by atoms with E-state index in [1.54, 1.807) is 36.4 Å². The number of ether oxygens (including phenoxy) is 3. The molecule has 0 radical (unpaired) electrons. The van der Waals surface area contributed by atoms with E-state index in [9.17, 15) is 9.90 Å². The fourth-order valence-corrected chi connectivity index (χ4v) is 2.55. The number of methoxy groups -OCH3 is 3. The van der Waals surface area contributed by atoms with E-state index in [-0.39, 0.29) is 6.42 Å². The maximum atomic E-state index is 11.7.